The zero-order chi connectivity index (χ0) is 24.0. The van der Waals surface area contributed by atoms with Crippen LogP contribution in [0.15, 0.2) is 42.5 Å². The summed E-state index contributed by atoms with van der Waals surface area (Å²) in [5.74, 6) is 1.52. The Bertz CT molecular complexity index is 1030. The van der Waals surface area contributed by atoms with E-state index in [9.17, 15) is 9.59 Å². The molecule has 3 heterocycles. The molecular formula is C26H30N2O7. The maximum atomic E-state index is 12.6. The van der Waals surface area contributed by atoms with E-state index in [1.807, 2.05) is 18.2 Å². The lowest BCUT2D eigenvalue weighted by Gasteiger charge is -2.34. The molecule has 0 N–H and O–H groups in total. The lowest BCUT2D eigenvalue weighted by molar-refractivity contribution is -0.136. The minimum Gasteiger partial charge on any atom is -0.491 e. The highest BCUT2D eigenvalue weighted by molar-refractivity contribution is 5.91. The van der Waals surface area contributed by atoms with Gasteiger partial charge in [-0.05, 0) is 54.8 Å². The molecular weight excluding hydrogens is 452 g/mol. The monoisotopic (exact) mass is 482 g/mol. The van der Waals surface area contributed by atoms with Gasteiger partial charge in [0, 0.05) is 39.3 Å². The molecule has 0 bridgehead atoms. The van der Waals surface area contributed by atoms with Crippen LogP contribution in [-0.4, -0.2) is 80.6 Å². The van der Waals surface area contributed by atoms with E-state index in [1.54, 1.807) is 29.2 Å². The van der Waals surface area contributed by atoms with Crippen molar-refractivity contribution in [1.82, 2.24) is 9.80 Å². The predicted molar refractivity (Wildman–Crippen MR) is 126 cm³/mol. The molecule has 0 spiro atoms. The number of nitrogens with zero attached hydrogens (tertiary/aromatic N) is 2. The Hall–Kier alpha value is -3.30. The molecule has 3 aliphatic rings. The van der Waals surface area contributed by atoms with E-state index in [0.717, 1.165) is 56.1 Å². The highest BCUT2D eigenvalue weighted by Gasteiger charge is 2.23. The second kappa shape index (κ2) is 11.0. The average Bonchev–Trinajstić information content (AvgIpc) is 3.58. The van der Waals surface area contributed by atoms with Gasteiger partial charge >= 0.3 is 5.97 Å². The smallest absolute Gasteiger partial charge is 0.338 e. The van der Waals surface area contributed by atoms with E-state index in [0.29, 0.717) is 31.0 Å². The molecule has 5 rings (SSSR count). The molecule has 2 aromatic carbocycles. The summed E-state index contributed by atoms with van der Waals surface area (Å²) < 4.78 is 27.3. The number of esters is 1. The first-order valence-corrected chi connectivity index (χ1v) is 12.0. The van der Waals surface area contributed by atoms with Crippen molar-refractivity contribution in [2.24, 2.45) is 0 Å². The quantitative estimate of drug-likeness (QED) is 0.531. The minimum absolute atomic E-state index is 0.135. The van der Waals surface area contributed by atoms with Crippen LogP contribution in [0.25, 0.3) is 0 Å². The Balaban J connectivity index is 1.02. The van der Waals surface area contributed by atoms with Crippen molar-refractivity contribution < 1.29 is 33.3 Å². The summed E-state index contributed by atoms with van der Waals surface area (Å²) in [5, 5.41) is 0. The Morgan fingerprint density at radius 2 is 1.77 bits per heavy atom. The third-order valence-corrected chi connectivity index (χ3v) is 6.44. The molecule has 1 amide bonds. The molecule has 186 valence electrons. The van der Waals surface area contributed by atoms with Gasteiger partial charge in [-0.25, -0.2) is 4.79 Å². The number of carbonyl (C=O) groups excluding carboxylic acids is 2. The number of piperazine rings is 1. The van der Waals surface area contributed by atoms with E-state index >= 15 is 0 Å². The van der Waals surface area contributed by atoms with Crippen molar-refractivity contribution in [3.8, 4) is 17.2 Å². The van der Waals surface area contributed by atoms with Gasteiger partial charge in [0.2, 0.25) is 6.79 Å². The number of fused-ring (bicyclic) bond motifs is 1. The lowest BCUT2D eigenvalue weighted by atomic mass is 10.1. The number of rotatable bonds is 8. The molecule has 1 atom stereocenters. The topological polar surface area (TPSA) is 86.8 Å². The van der Waals surface area contributed by atoms with Crippen LogP contribution in [0.4, 0.5) is 0 Å². The van der Waals surface area contributed by atoms with Crippen molar-refractivity contribution in [1.29, 1.82) is 0 Å². The largest absolute Gasteiger partial charge is 0.491 e. The fraction of sp³-hybridized carbons (Fsp3) is 0.462. The van der Waals surface area contributed by atoms with Crippen molar-refractivity contribution in [2.75, 3.05) is 52.8 Å². The Morgan fingerprint density at radius 1 is 0.971 bits per heavy atom. The normalized spacial score (nSPS) is 19.5. The maximum absolute atomic E-state index is 12.6. The van der Waals surface area contributed by atoms with Gasteiger partial charge in [-0.1, -0.05) is 6.07 Å². The van der Waals surface area contributed by atoms with Crippen LogP contribution in [0.1, 0.15) is 28.8 Å². The zero-order valence-corrected chi connectivity index (χ0v) is 19.6. The molecule has 1 unspecified atom stereocenters. The van der Waals surface area contributed by atoms with E-state index in [2.05, 4.69) is 4.90 Å². The van der Waals surface area contributed by atoms with Crippen LogP contribution in [0.5, 0.6) is 17.2 Å². The Morgan fingerprint density at radius 3 is 2.54 bits per heavy atom. The summed E-state index contributed by atoms with van der Waals surface area (Å²) in [6.45, 7) is 4.76. The molecule has 2 fully saturated rings. The molecule has 2 aromatic rings. The van der Waals surface area contributed by atoms with E-state index in [-0.39, 0.29) is 25.4 Å². The highest BCUT2D eigenvalue weighted by Crippen LogP contribution is 2.32. The Kier molecular flexibility index (Phi) is 7.34. The van der Waals surface area contributed by atoms with Gasteiger partial charge in [-0.3, -0.25) is 9.69 Å². The van der Waals surface area contributed by atoms with Gasteiger partial charge in [-0.15, -0.1) is 0 Å². The van der Waals surface area contributed by atoms with E-state index < -0.39 is 5.97 Å². The number of hydrogen-bond acceptors (Lipinski definition) is 8. The van der Waals surface area contributed by atoms with Crippen molar-refractivity contribution >= 4 is 11.9 Å². The second-order valence-corrected chi connectivity index (χ2v) is 8.89. The van der Waals surface area contributed by atoms with Gasteiger partial charge < -0.3 is 28.6 Å². The summed E-state index contributed by atoms with van der Waals surface area (Å²) in [6.07, 6.45) is 2.21. The fourth-order valence-corrected chi connectivity index (χ4v) is 4.41. The number of carbonyl (C=O) groups is 2. The SMILES string of the molecule is O=C(OCC(=O)N1CCN(Cc2ccc3c(c2)OCO3)CC1)c1ccc(OCC2CCCO2)cc1. The van der Waals surface area contributed by atoms with Crippen molar-refractivity contribution in [2.45, 2.75) is 25.5 Å². The first kappa shape index (κ1) is 23.4. The third-order valence-electron chi connectivity index (χ3n) is 6.44. The van der Waals surface area contributed by atoms with Gasteiger partial charge in [0.15, 0.2) is 18.1 Å². The molecule has 2 saturated heterocycles. The molecule has 0 aromatic heterocycles. The van der Waals surface area contributed by atoms with Gasteiger partial charge in [0.25, 0.3) is 5.91 Å². The Labute approximate surface area is 204 Å². The standard InChI is InChI=1S/C26H30N2O7/c29-25(17-33-26(30)20-4-6-21(7-5-20)32-16-22-2-1-13-31-22)28-11-9-27(10-12-28)15-19-3-8-23-24(14-19)35-18-34-23/h3-8,14,22H,1-2,9-13,15-18H2. The summed E-state index contributed by atoms with van der Waals surface area (Å²) in [6, 6.07) is 12.7. The molecule has 0 saturated carbocycles. The minimum atomic E-state index is -0.523. The van der Waals surface area contributed by atoms with E-state index in [4.69, 9.17) is 23.7 Å². The van der Waals surface area contributed by atoms with Crippen molar-refractivity contribution in [3.63, 3.8) is 0 Å². The predicted octanol–water partition coefficient (Wildman–Crippen LogP) is 2.47. The van der Waals surface area contributed by atoms with Crippen LogP contribution in [0.2, 0.25) is 0 Å². The highest BCUT2D eigenvalue weighted by atomic mass is 16.7. The molecule has 0 aliphatic carbocycles. The van der Waals surface area contributed by atoms with Gasteiger partial charge in [0.05, 0.1) is 11.7 Å². The lowest BCUT2D eigenvalue weighted by Crippen LogP contribution is -2.49. The van der Waals surface area contributed by atoms with Crippen LogP contribution >= 0.6 is 0 Å². The molecule has 3 aliphatic heterocycles. The molecule has 9 nitrogen and oxygen atoms in total. The summed E-state index contributed by atoms with van der Waals surface area (Å²) in [4.78, 5) is 29.0. The van der Waals surface area contributed by atoms with Gasteiger partial charge in [0.1, 0.15) is 12.4 Å². The second-order valence-electron chi connectivity index (χ2n) is 8.89. The summed E-state index contributed by atoms with van der Waals surface area (Å²) >= 11 is 0. The van der Waals surface area contributed by atoms with Crippen LogP contribution in [-0.2, 0) is 20.8 Å². The number of benzene rings is 2. The van der Waals surface area contributed by atoms with Crippen LogP contribution < -0.4 is 14.2 Å². The maximum Gasteiger partial charge on any atom is 0.338 e. The number of hydrogen-bond donors (Lipinski definition) is 0. The first-order valence-electron chi connectivity index (χ1n) is 12.0. The zero-order valence-electron chi connectivity index (χ0n) is 19.6. The fourth-order valence-electron chi connectivity index (χ4n) is 4.41. The average molecular weight is 483 g/mol. The van der Waals surface area contributed by atoms with Gasteiger partial charge in [-0.2, -0.15) is 0 Å². The van der Waals surface area contributed by atoms with Crippen LogP contribution in [0, 0.1) is 0 Å². The number of amides is 1. The third kappa shape index (κ3) is 6.04. The molecule has 0 radical (unpaired) electrons. The van der Waals surface area contributed by atoms with E-state index in [1.165, 1.54) is 0 Å². The molecule has 9 heteroatoms. The summed E-state index contributed by atoms with van der Waals surface area (Å²) in [7, 11) is 0. The number of ether oxygens (including phenoxy) is 5. The summed E-state index contributed by atoms with van der Waals surface area (Å²) in [5.41, 5.74) is 1.53. The molecule has 35 heavy (non-hydrogen) atoms. The van der Waals surface area contributed by atoms with Crippen molar-refractivity contribution in [3.05, 3.63) is 53.6 Å². The first-order chi connectivity index (χ1) is 17.1. The van der Waals surface area contributed by atoms with Crippen LogP contribution in [0.3, 0.4) is 0 Å².